The maximum atomic E-state index is 10.6. The van der Waals surface area contributed by atoms with Gasteiger partial charge in [-0.1, -0.05) is 0 Å². The van der Waals surface area contributed by atoms with E-state index >= 15 is 0 Å². The van der Waals surface area contributed by atoms with E-state index < -0.39 is 11.6 Å². The average Bonchev–Trinajstić information content (AvgIpc) is 2.03. The van der Waals surface area contributed by atoms with Crippen molar-refractivity contribution in [1.29, 1.82) is 0 Å². The van der Waals surface area contributed by atoms with Crippen LogP contribution in [0.1, 0.15) is 19.3 Å². The van der Waals surface area contributed by atoms with Crippen molar-refractivity contribution in [3.63, 3.8) is 0 Å². The van der Waals surface area contributed by atoms with Gasteiger partial charge >= 0.3 is 5.97 Å². The first-order chi connectivity index (χ1) is 6.08. The molecule has 0 amide bonds. The molecule has 0 aromatic rings. The van der Waals surface area contributed by atoms with Gasteiger partial charge in [0.05, 0.1) is 12.0 Å². The molecule has 1 unspecified atom stereocenters. The summed E-state index contributed by atoms with van der Waals surface area (Å²) in [5.74, 6) is -0.780. The number of likely N-dealkylation sites (N-methyl/N-ethyl adjacent to an activating group) is 1. The SMILES string of the molecule is COC1(CC(=O)O)CCCN(C)C1. The van der Waals surface area contributed by atoms with Crippen LogP contribution in [0.5, 0.6) is 0 Å². The van der Waals surface area contributed by atoms with Gasteiger partial charge in [0.1, 0.15) is 0 Å². The number of hydrogen-bond acceptors (Lipinski definition) is 3. The molecule has 1 N–H and O–H groups in total. The smallest absolute Gasteiger partial charge is 0.306 e. The number of carbonyl (C=O) groups is 1. The number of hydrogen-bond donors (Lipinski definition) is 1. The second kappa shape index (κ2) is 4.07. The topological polar surface area (TPSA) is 49.8 Å². The third-order valence-electron chi connectivity index (χ3n) is 2.64. The van der Waals surface area contributed by atoms with Gasteiger partial charge in [-0.25, -0.2) is 0 Å². The quantitative estimate of drug-likeness (QED) is 0.702. The van der Waals surface area contributed by atoms with Crippen molar-refractivity contribution < 1.29 is 14.6 Å². The maximum absolute atomic E-state index is 10.6. The highest BCUT2D eigenvalue weighted by Crippen LogP contribution is 2.27. The van der Waals surface area contributed by atoms with Gasteiger partial charge in [-0.15, -0.1) is 0 Å². The fourth-order valence-corrected chi connectivity index (χ4v) is 1.98. The molecule has 0 aliphatic carbocycles. The van der Waals surface area contributed by atoms with Gasteiger partial charge in [0, 0.05) is 13.7 Å². The molecule has 4 heteroatoms. The summed E-state index contributed by atoms with van der Waals surface area (Å²) in [7, 11) is 3.59. The van der Waals surface area contributed by atoms with Crippen molar-refractivity contribution in [2.45, 2.75) is 24.9 Å². The molecule has 1 aliphatic rings. The van der Waals surface area contributed by atoms with E-state index in [1.807, 2.05) is 7.05 Å². The standard InChI is InChI=1S/C9H17NO3/c1-10-5-3-4-9(7-10,13-2)6-8(11)12/h3-7H2,1-2H3,(H,11,12). The third-order valence-corrected chi connectivity index (χ3v) is 2.64. The van der Waals surface area contributed by atoms with Gasteiger partial charge in [-0.2, -0.15) is 0 Å². The Morgan fingerprint density at radius 2 is 2.38 bits per heavy atom. The number of likely N-dealkylation sites (tertiary alicyclic amines) is 1. The predicted molar refractivity (Wildman–Crippen MR) is 48.7 cm³/mol. The number of carboxylic acids is 1. The van der Waals surface area contributed by atoms with E-state index in [1.54, 1.807) is 7.11 Å². The molecule has 0 aromatic carbocycles. The van der Waals surface area contributed by atoms with Crippen LogP contribution >= 0.6 is 0 Å². The zero-order valence-electron chi connectivity index (χ0n) is 8.25. The summed E-state index contributed by atoms with van der Waals surface area (Å²) in [6.07, 6.45) is 1.96. The third kappa shape index (κ3) is 2.67. The van der Waals surface area contributed by atoms with Crippen LogP contribution in [-0.4, -0.2) is 48.8 Å². The van der Waals surface area contributed by atoms with Gasteiger partial charge in [0.25, 0.3) is 0 Å². The lowest BCUT2D eigenvalue weighted by molar-refractivity contribution is -0.147. The highest BCUT2D eigenvalue weighted by molar-refractivity contribution is 5.68. The summed E-state index contributed by atoms with van der Waals surface area (Å²) in [5, 5.41) is 8.75. The van der Waals surface area contributed by atoms with E-state index in [0.29, 0.717) is 0 Å². The van der Waals surface area contributed by atoms with Crippen LogP contribution in [0, 0.1) is 0 Å². The summed E-state index contributed by atoms with van der Waals surface area (Å²) >= 11 is 0. The molecule has 1 heterocycles. The lowest BCUT2D eigenvalue weighted by Gasteiger charge is -2.39. The van der Waals surface area contributed by atoms with Crippen LogP contribution in [0.25, 0.3) is 0 Å². The number of piperidine rings is 1. The first-order valence-corrected chi connectivity index (χ1v) is 4.53. The van der Waals surface area contributed by atoms with Crippen molar-refractivity contribution in [2.24, 2.45) is 0 Å². The van der Waals surface area contributed by atoms with Crippen molar-refractivity contribution in [1.82, 2.24) is 4.90 Å². The lowest BCUT2D eigenvalue weighted by Crippen LogP contribution is -2.49. The number of ether oxygens (including phenoxy) is 1. The molecule has 76 valence electrons. The van der Waals surface area contributed by atoms with Crippen molar-refractivity contribution in [3.8, 4) is 0 Å². The zero-order valence-corrected chi connectivity index (χ0v) is 8.25. The zero-order chi connectivity index (χ0) is 9.90. The fourth-order valence-electron chi connectivity index (χ4n) is 1.98. The second-order valence-electron chi connectivity index (χ2n) is 3.80. The highest BCUT2D eigenvalue weighted by Gasteiger charge is 2.36. The van der Waals surface area contributed by atoms with Crippen LogP contribution in [0.3, 0.4) is 0 Å². The normalized spacial score (nSPS) is 30.3. The first-order valence-electron chi connectivity index (χ1n) is 4.53. The molecule has 0 aromatic heterocycles. The summed E-state index contributed by atoms with van der Waals surface area (Å²) in [5.41, 5.74) is -0.459. The average molecular weight is 187 g/mol. The Hall–Kier alpha value is -0.610. The van der Waals surface area contributed by atoms with Crippen LogP contribution in [-0.2, 0) is 9.53 Å². The maximum Gasteiger partial charge on any atom is 0.306 e. The highest BCUT2D eigenvalue weighted by atomic mass is 16.5. The van der Waals surface area contributed by atoms with Crippen molar-refractivity contribution >= 4 is 5.97 Å². The minimum Gasteiger partial charge on any atom is -0.481 e. The minimum absolute atomic E-state index is 0.105. The Morgan fingerprint density at radius 3 is 2.85 bits per heavy atom. The molecule has 1 fully saturated rings. The summed E-state index contributed by atoms with van der Waals surface area (Å²) in [6.45, 7) is 1.75. The van der Waals surface area contributed by atoms with Crippen LogP contribution < -0.4 is 0 Å². The predicted octanol–water partition coefficient (Wildman–Crippen LogP) is 0.572. The van der Waals surface area contributed by atoms with E-state index in [1.165, 1.54) is 0 Å². The van der Waals surface area contributed by atoms with Crippen LogP contribution in [0.2, 0.25) is 0 Å². The molecule has 0 bridgehead atoms. The molecule has 4 nitrogen and oxygen atoms in total. The number of aliphatic carboxylic acids is 1. The van der Waals surface area contributed by atoms with E-state index in [0.717, 1.165) is 25.9 Å². The van der Waals surface area contributed by atoms with Crippen molar-refractivity contribution in [3.05, 3.63) is 0 Å². The number of methoxy groups -OCH3 is 1. The summed E-state index contributed by atoms with van der Waals surface area (Å²) in [4.78, 5) is 12.8. The van der Waals surface area contributed by atoms with Crippen LogP contribution in [0.15, 0.2) is 0 Å². The van der Waals surface area contributed by atoms with Gasteiger partial charge in [-0.05, 0) is 26.4 Å². The molecule has 0 spiro atoms. The summed E-state index contributed by atoms with van der Waals surface area (Å²) in [6, 6.07) is 0. The van der Waals surface area contributed by atoms with Crippen molar-refractivity contribution in [2.75, 3.05) is 27.2 Å². The van der Waals surface area contributed by atoms with Gasteiger partial charge in [-0.3, -0.25) is 4.79 Å². The number of rotatable bonds is 3. The van der Waals surface area contributed by atoms with Gasteiger partial charge in [0.15, 0.2) is 0 Å². The molecule has 1 saturated heterocycles. The lowest BCUT2D eigenvalue weighted by atomic mass is 9.89. The Bertz CT molecular complexity index is 195. The van der Waals surface area contributed by atoms with E-state index in [2.05, 4.69) is 4.90 Å². The number of carboxylic acid groups (broad SMARTS) is 1. The van der Waals surface area contributed by atoms with E-state index in [-0.39, 0.29) is 6.42 Å². The largest absolute Gasteiger partial charge is 0.481 e. The molecule has 0 radical (unpaired) electrons. The Labute approximate surface area is 78.5 Å². The van der Waals surface area contributed by atoms with Gasteiger partial charge < -0.3 is 14.7 Å². The molecular weight excluding hydrogens is 170 g/mol. The van der Waals surface area contributed by atoms with Crippen LogP contribution in [0.4, 0.5) is 0 Å². The van der Waals surface area contributed by atoms with E-state index in [4.69, 9.17) is 9.84 Å². The Balaban J connectivity index is 2.61. The summed E-state index contributed by atoms with van der Waals surface area (Å²) < 4.78 is 5.34. The second-order valence-corrected chi connectivity index (χ2v) is 3.80. The van der Waals surface area contributed by atoms with E-state index in [9.17, 15) is 4.79 Å². The molecule has 0 saturated carbocycles. The fraction of sp³-hybridized carbons (Fsp3) is 0.889. The molecule has 1 aliphatic heterocycles. The number of nitrogens with zero attached hydrogens (tertiary/aromatic N) is 1. The Morgan fingerprint density at radius 1 is 1.69 bits per heavy atom. The Kier molecular flexibility index (Phi) is 3.27. The molecule has 1 rings (SSSR count). The van der Waals surface area contributed by atoms with Gasteiger partial charge in [0.2, 0.25) is 0 Å². The molecule has 1 atom stereocenters. The molecule has 13 heavy (non-hydrogen) atoms. The first kappa shape index (κ1) is 10.5. The minimum atomic E-state index is -0.780. The monoisotopic (exact) mass is 187 g/mol. The molecular formula is C9H17NO3.